The van der Waals surface area contributed by atoms with Crippen molar-refractivity contribution < 1.29 is 0 Å². The molecule has 1 unspecified atom stereocenters. The normalized spacial score (nSPS) is 13.3. The van der Waals surface area contributed by atoms with Crippen LogP contribution in [0.25, 0.3) is 0 Å². The van der Waals surface area contributed by atoms with Crippen LogP contribution in [0.4, 0.5) is 0 Å². The van der Waals surface area contributed by atoms with E-state index in [-0.39, 0.29) is 0 Å². The van der Waals surface area contributed by atoms with Crippen LogP contribution in [0, 0.1) is 0 Å². The molecule has 0 heterocycles. The zero-order chi connectivity index (χ0) is 10.2. The molecule has 1 nitrogen and oxygen atoms in total. The third kappa shape index (κ3) is 3.75. The summed E-state index contributed by atoms with van der Waals surface area (Å²) in [6.45, 7) is 5.21. The van der Waals surface area contributed by atoms with Crippen LogP contribution in [-0.4, -0.2) is 6.04 Å². The second-order valence-electron chi connectivity index (χ2n) is 3.41. The van der Waals surface area contributed by atoms with Crippen LogP contribution in [0.2, 0.25) is 0 Å². The third-order valence-corrected chi connectivity index (χ3v) is 2.28. The second-order valence-corrected chi connectivity index (χ2v) is 3.41. The van der Waals surface area contributed by atoms with Gasteiger partial charge in [-0.05, 0) is 18.9 Å². The number of hydrogen-bond acceptors (Lipinski definition) is 1. The van der Waals surface area contributed by atoms with E-state index in [9.17, 15) is 0 Å². The summed E-state index contributed by atoms with van der Waals surface area (Å²) < 4.78 is 0. The minimum atomic E-state index is 0.500. The predicted molar refractivity (Wildman–Crippen MR) is 62.2 cm³/mol. The predicted octanol–water partition coefficient (Wildman–Crippen LogP) is 3.13. The van der Waals surface area contributed by atoms with Gasteiger partial charge in [-0.15, -0.1) is 0 Å². The maximum Gasteiger partial charge on any atom is 0.0250 e. The summed E-state index contributed by atoms with van der Waals surface area (Å²) in [6, 6.07) is 11.0. The Balaban J connectivity index is 2.39. The number of rotatable bonds is 5. The van der Waals surface area contributed by atoms with Crippen LogP contribution in [0.1, 0.15) is 25.8 Å². The standard InChI is InChI=1S/C13H19N/c1-3-8-13(4-2)14-11-12-9-6-5-7-10-12/h3,5-10,13-14H,4,11H2,1-2H3/b8-3+. The molecule has 1 N–H and O–H groups in total. The fourth-order valence-electron chi connectivity index (χ4n) is 1.43. The molecule has 1 heteroatoms. The number of benzene rings is 1. The molecule has 0 aliphatic rings. The first-order valence-corrected chi connectivity index (χ1v) is 5.27. The van der Waals surface area contributed by atoms with Crippen LogP contribution in [0.15, 0.2) is 42.5 Å². The Labute approximate surface area is 86.8 Å². The summed E-state index contributed by atoms with van der Waals surface area (Å²) in [6.07, 6.45) is 5.45. The van der Waals surface area contributed by atoms with Gasteiger partial charge in [-0.3, -0.25) is 0 Å². The van der Waals surface area contributed by atoms with Crippen LogP contribution >= 0.6 is 0 Å². The Morgan fingerprint density at radius 3 is 2.57 bits per heavy atom. The Hall–Kier alpha value is -1.08. The van der Waals surface area contributed by atoms with E-state index in [2.05, 4.69) is 55.6 Å². The molecule has 1 rings (SSSR count). The molecule has 0 saturated carbocycles. The molecule has 0 fully saturated rings. The monoisotopic (exact) mass is 189 g/mol. The van der Waals surface area contributed by atoms with Gasteiger partial charge in [0, 0.05) is 12.6 Å². The molecule has 0 radical (unpaired) electrons. The largest absolute Gasteiger partial charge is 0.306 e. The van der Waals surface area contributed by atoms with E-state index in [1.807, 2.05) is 6.07 Å². The molecule has 14 heavy (non-hydrogen) atoms. The van der Waals surface area contributed by atoms with Gasteiger partial charge in [0.05, 0.1) is 0 Å². The summed E-state index contributed by atoms with van der Waals surface area (Å²) in [5.41, 5.74) is 1.34. The topological polar surface area (TPSA) is 12.0 Å². The van der Waals surface area contributed by atoms with E-state index in [1.54, 1.807) is 0 Å². The molecule has 0 aliphatic heterocycles. The molecule has 0 bridgehead atoms. The highest BCUT2D eigenvalue weighted by Crippen LogP contribution is 2.00. The van der Waals surface area contributed by atoms with Crippen molar-refractivity contribution in [3.8, 4) is 0 Å². The van der Waals surface area contributed by atoms with Gasteiger partial charge in [0.2, 0.25) is 0 Å². The van der Waals surface area contributed by atoms with Crippen molar-refractivity contribution in [3.63, 3.8) is 0 Å². The lowest BCUT2D eigenvalue weighted by Gasteiger charge is -2.12. The summed E-state index contributed by atoms with van der Waals surface area (Å²) in [5.74, 6) is 0. The van der Waals surface area contributed by atoms with Crippen molar-refractivity contribution in [3.05, 3.63) is 48.0 Å². The Kier molecular flexibility index (Phi) is 5.02. The van der Waals surface area contributed by atoms with E-state index in [0.717, 1.165) is 13.0 Å². The first-order valence-electron chi connectivity index (χ1n) is 5.27. The van der Waals surface area contributed by atoms with Crippen molar-refractivity contribution >= 4 is 0 Å². The maximum atomic E-state index is 3.50. The van der Waals surface area contributed by atoms with Gasteiger partial charge in [0.1, 0.15) is 0 Å². The van der Waals surface area contributed by atoms with Gasteiger partial charge in [0.25, 0.3) is 0 Å². The SMILES string of the molecule is C/C=C/C(CC)NCc1ccccc1. The van der Waals surface area contributed by atoms with Gasteiger partial charge >= 0.3 is 0 Å². The van der Waals surface area contributed by atoms with Gasteiger partial charge in [-0.1, -0.05) is 49.4 Å². The highest BCUT2D eigenvalue weighted by molar-refractivity contribution is 5.14. The number of hydrogen-bond donors (Lipinski definition) is 1. The first-order chi connectivity index (χ1) is 6.86. The quantitative estimate of drug-likeness (QED) is 0.702. The van der Waals surface area contributed by atoms with E-state index in [4.69, 9.17) is 0 Å². The lowest BCUT2D eigenvalue weighted by Crippen LogP contribution is -2.25. The van der Waals surface area contributed by atoms with Gasteiger partial charge in [-0.25, -0.2) is 0 Å². The molecule has 0 spiro atoms. The fourth-order valence-corrected chi connectivity index (χ4v) is 1.43. The smallest absolute Gasteiger partial charge is 0.0250 e. The zero-order valence-electron chi connectivity index (χ0n) is 9.03. The van der Waals surface area contributed by atoms with Gasteiger partial charge in [-0.2, -0.15) is 0 Å². The van der Waals surface area contributed by atoms with Crippen molar-refractivity contribution in [2.45, 2.75) is 32.9 Å². The first kappa shape index (κ1) is 11.0. The van der Waals surface area contributed by atoms with Crippen molar-refractivity contribution in [2.24, 2.45) is 0 Å². The van der Waals surface area contributed by atoms with Crippen LogP contribution in [-0.2, 0) is 6.54 Å². The highest BCUT2D eigenvalue weighted by atomic mass is 14.9. The zero-order valence-corrected chi connectivity index (χ0v) is 9.03. The Bertz CT molecular complexity index is 264. The number of allylic oxidation sites excluding steroid dienone is 1. The van der Waals surface area contributed by atoms with Crippen molar-refractivity contribution in [2.75, 3.05) is 0 Å². The molecule has 1 atom stereocenters. The minimum absolute atomic E-state index is 0.500. The molecule has 0 aromatic heterocycles. The van der Waals surface area contributed by atoms with Crippen LogP contribution < -0.4 is 5.32 Å². The Morgan fingerprint density at radius 1 is 1.29 bits per heavy atom. The fraction of sp³-hybridized carbons (Fsp3) is 0.385. The second kappa shape index (κ2) is 6.39. The molecular formula is C13H19N. The van der Waals surface area contributed by atoms with Gasteiger partial charge in [0.15, 0.2) is 0 Å². The maximum absolute atomic E-state index is 3.50. The molecule has 1 aromatic rings. The third-order valence-electron chi connectivity index (χ3n) is 2.28. The molecule has 76 valence electrons. The van der Waals surface area contributed by atoms with E-state index in [1.165, 1.54) is 5.56 Å². The molecule has 1 aromatic carbocycles. The highest BCUT2D eigenvalue weighted by Gasteiger charge is 1.99. The lowest BCUT2D eigenvalue weighted by molar-refractivity contribution is 0.577. The van der Waals surface area contributed by atoms with E-state index in [0.29, 0.717) is 6.04 Å². The van der Waals surface area contributed by atoms with Crippen LogP contribution in [0.5, 0.6) is 0 Å². The summed E-state index contributed by atoms with van der Waals surface area (Å²) >= 11 is 0. The summed E-state index contributed by atoms with van der Waals surface area (Å²) in [5, 5.41) is 3.50. The Morgan fingerprint density at radius 2 is 2.00 bits per heavy atom. The molecular weight excluding hydrogens is 170 g/mol. The van der Waals surface area contributed by atoms with E-state index < -0.39 is 0 Å². The van der Waals surface area contributed by atoms with Crippen molar-refractivity contribution in [1.29, 1.82) is 0 Å². The van der Waals surface area contributed by atoms with Crippen molar-refractivity contribution in [1.82, 2.24) is 5.32 Å². The molecule has 0 aliphatic carbocycles. The lowest BCUT2D eigenvalue weighted by atomic mass is 10.2. The average Bonchev–Trinajstić information content (AvgIpc) is 2.25. The number of nitrogens with one attached hydrogen (secondary N) is 1. The molecule has 0 amide bonds. The van der Waals surface area contributed by atoms with E-state index >= 15 is 0 Å². The average molecular weight is 189 g/mol. The molecule has 0 saturated heterocycles. The van der Waals surface area contributed by atoms with Crippen LogP contribution in [0.3, 0.4) is 0 Å². The van der Waals surface area contributed by atoms with Gasteiger partial charge < -0.3 is 5.32 Å². The minimum Gasteiger partial charge on any atom is -0.306 e. The summed E-state index contributed by atoms with van der Waals surface area (Å²) in [4.78, 5) is 0. The summed E-state index contributed by atoms with van der Waals surface area (Å²) in [7, 11) is 0.